The van der Waals surface area contributed by atoms with Gasteiger partial charge in [0.1, 0.15) is 17.7 Å². The van der Waals surface area contributed by atoms with Gasteiger partial charge in [0, 0.05) is 18.3 Å². The van der Waals surface area contributed by atoms with Gasteiger partial charge in [0.05, 0.1) is 31.0 Å². The van der Waals surface area contributed by atoms with E-state index in [1.807, 2.05) is 55.5 Å². The topological polar surface area (TPSA) is 123 Å². The van der Waals surface area contributed by atoms with Gasteiger partial charge in [-0.15, -0.1) is 0 Å². The van der Waals surface area contributed by atoms with Crippen LogP contribution in [0.3, 0.4) is 0 Å². The molecule has 0 aliphatic carbocycles. The Bertz CT molecular complexity index is 1510. The van der Waals surface area contributed by atoms with Gasteiger partial charge in [-0.3, -0.25) is 9.78 Å². The standard InChI is InChI=1S/C32H36N6O4/c1-4-41-25-9-5-6-10-26(25)42-24-8-7-17-38(21-24)29-20-33-19-28(36-29)35-27-15-16-34-30(37-27)23-13-11-22(12-14-23)18-32(2,3)31(39)40/h5-6,9-16,19-20,24H,4,7-8,17-18,21H2,1-3H3,(H,39,40)(H,34,35,36,37). The fraction of sp³-hybridized carbons (Fsp3) is 0.344. The molecule has 4 aromatic rings. The summed E-state index contributed by atoms with van der Waals surface area (Å²) in [6.45, 7) is 7.54. The van der Waals surface area contributed by atoms with Gasteiger partial charge in [0.25, 0.3) is 0 Å². The molecule has 218 valence electrons. The van der Waals surface area contributed by atoms with E-state index in [9.17, 15) is 9.90 Å². The molecule has 0 spiro atoms. The number of ether oxygens (including phenoxy) is 2. The first kappa shape index (κ1) is 28.8. The molecule has 0 bridgehead atoms. The zero-order valence-electron chi connectivity index (χ0n) is 24.2. The minimum atomic E-state index is -0.839. The number of aliphatic carboxylic acids is 1. The van der Waals surface area contributed by atoms with Gasteiger partial charge < -0.3 is 24.8 Å². The van der Waals surface area contributed by atoms with E-state index in [1.54, 1.807) is 38.5 Å². The van der Waals surface area contributed by atoms with Crippen LogP contribution in [0, 0.1) is 5.41 Å². The molecule has 10 heteroatoms. The van der Waals surface area contributed by atoms with Crippen molar-refractivity contribution in [1.82, 2.24) is 19.9 Å². The SMILES string of the molecule is CCOc1ccccc1OC1CCCN(c2cncc(Nc3ccnc(-c4ccc(CC(C)(C)C(=O)O)cc4)n3)n2)C1. The molecule has 3 heterocycles. The van der Waals surface area contributed by atoms with Crippen LogP contribution in [0.1, 0.15) is 39.2 Å². The highest BCUT2D eigenvalue weighted by atomic mass is 16.5. The summed E-state index contributed by atoms with van der Waals surface area (Å²) in [7, 11) is 0. The van der Waals surface area contributed by atoms with E-state index < -0.39 is 11.4 Å². The number of hydrogen-bond acceptors (Lipinski definition) is 9. The summed E-state index contributed by atoms with van der Waals surface area (Å²) in [5.74, 6) is 3.18. The molecule has 1 unspecified atom stereocenters. The van der Waals surface area contributed by atoms with Crippen LogP contribution in [0.5, 0.6) is 11.5 Å². The molecule has 0 radical (unpaired) electrons. The maximum Gasteiger partial charge on any atom is 0.309 e. The van der Waals surface area contributed by atoms with Crippen molar-refractivity contribution < 1.29 is 19.4 Å². The highest BCUT2D eigenvalue weighted by molar-refractivity contribution is 5.74. The second kappa shape index (κ2) is 12.8. The van der Waals surface area contributed by atoms with Crippen molar-refractivity contribution in [2.75, 3.05) is 29.9 Å². The molecule has 0 saturated carbocycles. The van der Waals surface area contributed by atoms with Crippen LogP contribution in [-0.2, 0) is 11.2 Å². The van der Waals surface area contributed by atoms with E-state index in [2.05, 4.69) is 25.2 Å². The monoisotopic (exact) mass is 568 g/mol. The number of rotatable bonds is 11. The van der Waals surface area contributed by atoms with E-state index in [4.69, 9.17) is 14.5 Å². The Balaban J connectivity index is 1.25. The molecule has 1 aliphatic rings. The fourth-order valence-electron chi connectivity index (χ4n) is 4.87. The predicted molar refractivity (Wildman–Crippen MR) is 161 cm³/mol. The summed E-state index contributed by atoms with van der Waals surface area (Å²) in [6.07, 6.45) is 7.49. The van der Waals surface area contributed by atoms with Crippen molar-refractivity contribution in [3.05, 3.63) is 78.8 Å². The summed E-state index contributed by atoms with van der Waals surface area (Å²) in [4.78, 5) is 32.0. The second-order valence-corrected chi connectivity index (χ2v) is 10.9. The third-order valence-corrected chi connectivity index (χ3v) is 7.12. The largest absolute Gasteiger partial charge is 0.490 e. The maximum absolute atomic E-state index is 11.5. The van der Waals surface area contributed by atoms with E-state index >= 15 is 0 Å². The van der Waals surface area contributed by atoms with Gasteiger partial charge in [-0.1, -0.05) is 36.4 Å². The first-order valence-electron chi connectivity index (χ1n) is 14.2. The van der Waals surface area contributed by atoms with Crippen molar-refractivity contribution in [2.24, 2.45) is 5.41 Å². The maximum atomic E-state index is 11.5. The number of carboxylic acids is 1. The van der Waals surface area contributed by atoms with E-state index in [1.165, 1.54) is 0 Å². The van der Waals surface area contributed by atoms with Crippen molar-refractivity contribution in [3.63, 3.8) is 0 Å². The third kappa shape index (κ3) is 7.12. The molecule has 5 rings (SSSR count). The molecular weight excluding hydrogens is 532 g/mol. The summed E-state index contributed by atoms with van der Waals surface area (Å²) in [6, 6.07) is 17.2. The lowest BCUT2D eigenvalue weighted by atomic mass is 9.86. The molecule has 1 aliphatic heterocycles. The number of piperidine rings is 1. The van der Waals surface area contributed by atoms with Crippen molar-refractivity contribution in [1.29, 1.82) is 0 Å². The molecule has 1 fully saturated rings. The number of carboxylic acid groups (broad SMARTS) is 1. The Hall–Kier alpha value is -4.73. The van der Waals surface area contributed by atoms with E-state index in [0.29, 0.717) is 37.0 Å². The Morgan fingerprint density at radius 2 is 1.83 bits per heavy atom. The molecule has 2 aromatic heterocycles. The lowest BCUT2D eigenvalue weighted by molar-refractivity contribution is -0.146. The number of anilines is 3. The molecule has 1 saturated heterocycles. The first-order valence-corrected chi connectivity index (χ1v) is 14.2. The minimum Gasteiger partial charge on any atom is -0.490 e. The lowest BCUT2D eigenvalue weighted by Gasteiger charge is -2.33. The van der Waals surface area contributed by atoms with Crippen LogP contribution < -0.4 is 19.7 Å². The Morgan fingerprint density at radius 1 is 1.05 bits per heavy atom. The number of nitrogens with one attached hydrogen (secondary N) is 1. The highest BCUT2D eigenvalue weighted by Gasteiger charge is 2.27. The lowest BCUT2D eigenvalue weighted by Crippen LogP contribution is -2.41. The molecule has 42 heavy (non-hydrogen) atoms. The van der Waals surface area contributed by atoms with Gasteiger partial charge in [-0.25, -0.2) is 15.0 Å². The van der Waals surface area contributed by atoms with E-state index in [-0.39, 0.29) is 6.10 Å². The highest BCUT2D eigenvalue weighted by Crippen LogP contribution is 2.30. The van der Waals surface area contributed by atoms with Gasteiger partial charge in [-0.05, 0) is 63.8 Å². The molecule has 2 N–H and O–H groups in total. The normalized spacial score (nSPS) is 15.2. The molecule has 1 atom stereocenters. The van der Waals surface area contributed by atoms with Crippen LogP contribution >= 0.6 is 0 Å². The van der Waals surface area contributed by atoms with Crippen LogP contribution in [0.2, 0.25) is 0 Å². The molecule has 10 nitrogen and oxygen atoms in total. The zero-order valence-corrected chi connectivity index (χ0v) is 24.2. The van der Waals surface area contributed by atoms with Crippen molar-refractivity contribution in [2.45, 2.75) is 46.1 Å². The number of aromatic nitrogens is 4. The Labute approximate surface area is 245 Å². The average molecular weight is 569 g/mol. The average Bonchev–Trinajstić information content (AvgIpc) is 2.99. The Morgan fingerprint density at radius 3 is 2.60 bits per heavy atom. The van der Waals surface area contributed by atoms with Gasteiger partial charge in [-0.2, -0.15) is 0 Å². The Kier molecular flexibility index (Phi) is 8.80. The molecular formula is C32H36N6O4. The van der Waals surface area contributed by atoms with Crippen molar-refractivity contribution in [3.8, 4) is 22.9 Å². The summed E-state index contributed by atoms with van der Waals surface area (Å²) < 4.78 is 12.1. The van der Waals surface area contributed by atoms with Gasteiger partial charge in [0.2, 0.25) is 0 Å². The number of hydrogen-bond donors (Lipinski definition) is 2. The number of carbonyl (C=O) groups is 1. The smallest absolute Gasteiger partial charge is 0.309 e. The van der Waals surface area contributed by atoms with Crippen LogP contribution in [0.25, 0.3) is 11.4 Å². The van der Waals surface area contributed by atoms with E-state index in [0.717, 1.165) is 47.8 Å². The minimum absolute atomic E-state index is 0.00443. The third-order valence-electron chi connectivity index (χ3n) is 7.12. The molecule has 0 amide bonds. The number of para-hydroxylation sites is 2. The first-order chi connectivity index (χ1) is 20.3. The van der Waals surface area contributed by atoms with Crippen LogP contribution in [0.15, 0.2) is 73.2 Å². The number of benzene rings is 2. The predicted octanol–water partition coefficient (Wildman–Crippen LogP) is 5.78. The summed E-state index contributed by atoms with van der Waals surface area (Å²) in [5, 5.41) is 12.7. The summed E-state index contributed by atoms with van der Waals surface area (Å²) >= 11 is 0. The number of nitrogens with zero attached hydrogens (tertiary/aromatic N) is 5. The van der Waals surface area contributed by atoms with Gasteiger partial charge in [0.15, 0.2) is 23.1 Å². The fourth-order valence-corrected chi connectivity index (χ4v) is 4.87. The van der Waals surface area contributed by atoms with Crippen LogP contribution in [0.4, 0.5) is 17.5 Å². The second-order valence-electron chi connectivity index (χ2n) is 10.9. The van der Waals surface area contributed by atoms with Crippen molar-refractivity contribution >= 4 is 23.4 Å². The zero-order chi connectivity index (χ0) is 29.5. The molecule has 2 aromatic carbocycles. The van der Waals surface area contributed by atoms with Gasteiger partial charge >= 0.3 is 5.97 Å². The quantitative estimate of drug-likeness (QED) is 0.230. The van der Waals surface area contributed by atoms with Crippen LogP contribution in [-0.4, -0.2) is 56.8 Å². The summed E-state index contributed by atoms with van der Waals surface area (Å²) in [5.41, 5.74) is 0.936.